The van der Waals surface area contributed by atoms with E-state index in [1.165, 1.54) is 4.90 Å². The maximum absolute atomic E-state index is 13.2. The van der Waals surface area contributed by atoms with Gasteiger partial charge >= 0.3 is 0 Å². The minimum Gasteiger partial charge on any atom is -0.337 e. The van der Waals surface area contributed by atoms with Gasteiger partial charge < -0.3 is 10.2 Å². The highest BCUT2D eigenvalue weighted by atomic mass is 19.3. The number of alkyl halides is 2. The van der Waals surface area contributed by atoms with Crippen molar-refractivity contribution in [1.29, 1.82) is 0 Å². The van der Waals surface area contributed by atoms with Crippen molar-refractivity contribution < 1.29 is 13.6 Å². The predicted molar refractivity (Wildman–Crippen MR) is 61.0 cm³/mol. The van der Waals surface area contributed by atoms with E-state index >= 15 is 0 Å². The standard InChI is InChI=1S/C12H20F2N2O/c13-12(14)4-1-7-16(9-12)11(17)8-10-2-5-15-6-3-10/h10,15H,1-9H2. The van der Waals surface area contributed by atoms with Gasteiger partial charge in [-0.3, -0.25) is 4.79 Å². The minimum atomic E-state index is -2.68. The van der Waals surface area contributed by atoms with Crippen LogP contribution in [0.2, 0.25) is 0 Å². The molecule has 0 aromatic heterocycles. The summed E-state index contributed by atoms with van der Waals surface area (Å²) in [7, 11) is 0. The van der Waals surface area contributed by atoms with Crippen LogP contribution in [0.4, 0.5) is 8.78 Å². The molecule has 2 fully saturated rings. The van der Waals surface area contributed by atoms with Crippen LogP contribution in [0.5, 0.6) is 0 Å². The Bertz CT molecular complexity index is 278. The molecule has 98 valence electrons. The number of likely N-dealkylation sites (tertiary alicyclic amines) is 1. The van der Waals surface area contributed by atoms with Crippen molar-refractivity contribution in [3.63, 3.8) is 0 Å². The van der Waals surface area contributed by atoms with Crippen LogP contribution < -0.4 is 5.32 Å². The predicted octanol–water partition coefficient (Wildman–Crippen LogP) is 1.63. The average molecular weight is 246 g/mol. The van der Waals surface area contributed by atoms with E-state index in [9.17, 15) is 13.6 Å². The van der Waals surface area contributed by atoms with Crippen molar-refractivity contribution in [2.24, 2.45) is 5.92 Å². The Hall–Kier alpha value is -0.710. The second-order valence-electron chi connectivity index (χ2n) is 5.17. The molecular formula is C12H20F2N2O. The van der Waals surface area contributed by atoms with Gasteiger partial charge in [-0.15, -0.1) is 0 Å². The number of halogens is 2. The van der Waals surface area contributed by atoms with Crippen LogP contribution in [-0.2, 0) is 4.79 Å². The van der Waals surface area contributed by atoms with Gasteiger partial charge in [0, 0.05) is 19.4 Å². The minimum absolute atomic E-state index is 0.0792. The van der Waals surface area contributed by atoms with Gasteiger partial charge in [-0.1, -0.05) is 0 Å². The van der Waals surface area contributed by atoms with Crippen LogP contribution >= 0.6 is 0 Å². The highest BCUT2D eigenvalue weighted by Gasteiger charge is 2.37. The van der Waals surface area contributed by atoms with Gasteiger partial charge in [0.05, 0.1) is 6.54 Å². The lowest BCUT2D eigenvalue weighted by Gasteiger charge is -2.34. The van der Waals surface area contributed by atoms with E-state index in [1.54, 1.807) is 0 Å². The van der Waals surface area contributed by atoms with Gasteiger partial charge in [0.15, 0.2) is 0 Å². The van der Waals surface area contributed by atoms with Gasteiger partial charge in [-0.25, -0.2) is 8.78 Å². The molecule has 2 aliphatic heterocycles. The number of hydrogen-bond donors (Lipinski definition) is 1. The number of rotatable bonds is 2. The largest absolute Gasteiger partial charge is 0.337 e. The number of nitrogens with one attached hydrogen (secondary N) is 1. The molecule has 0 saturated carbocycles. The summed E-state index contributed by atoms with van der Waals surface area (Å²) in [4.78, 5) is 13.3. The topological polar surface area (TPSA) is 32.3 Å². The Morgan fingerprint density at radius 3 is 2.71 bits per heavy atom. The normalized spacial score (nSPS) is 25.9. The van der Waals surface area contributed by atoms with E-state index in [-0.39, 0.29) is 18.9 Å². The zero-order chi connectivity index (χ0) is 12.3. The Kier molecular flexibility index (Phi) is 3.97. The van der Waals surface area contributed by atoms with Crippen LogP contribution in [-0.4, -0.2) is 42.9 Å². The molecule has 0 spiro atoms. The lowest BCUT2D eigenvalue weighted by atomic mass is 9.93. The molecule has 2 rings (SSSR count). The first-order valence-electron chi connectivity index (χ1n) is 6.43. The van der Waals surface area contributed by atoms with Crippen molar-refractivity contribution in [3.8, 4) is 0 Å². The third kappa shape index (κ3) is 3.63. The monoisotopic (exact) mass is 246 g/mol. The summed E-state index contributed by atoms with van der Waals surface area (Å²) >= 11 is 0. The molecule has 17 heavy (non-hydrogen) atoms. The number of carbonyl (C=O) groups is 1. The first-order valence-corrected chi connectivity index (χ1v) is 6.43. The summed E-state index contributed by atoms with van der Waals surface area (Å²) in [5, 5.41) is 3.24. The summed E-state index contributed by atoms with van der Waals surface area (Å²) in [6, 6.07) is 0. The van der Waals surface area contributed by atoms with E-state index in [2.05, 4.69) is 5.32 Å². The van der Waals surface area contributed by atoms with Crippen LogP contribution in [0.25, 0.3) is 0 Å². The van der Waals surface area contributed by atoms with Crippen molar-refractivity contribution in [2.75, 3.05) is 26.2 Å². The summed E-state index contributed by atoms with van der Waals surface area (Å²) < 4.78 is 26.4. The third-order valence-corrected chi connectivity index (χ3v) is 3.67. The highest BCUT2D eigenvalue weighted by Crippen LogP contribution is 2.27. The molecule has 5 heteroatoms. The fourth-order valence-electron chi connectivity index (χ4n) is 2.64. The Morgan fingerprint density at radius 2 is 2.06 bits per heavy atom. The zero-order valence-corrected chi connectivity index (χ0v) is 10.1. The van der Waals surface area contributed by atoms with Crippen molar-refractivity contribution >= 4 is 5.91 Å². The van der Waals surface area contributed by atoms with E-state index in [0.29, 0.717) is 25.3 Å². The molecular weight excluding hydrogens is 226 g/mol. The lowest BCUT2D eigenvalue weighted by Crippen LogP contribution is -2.46. The molecule has 0 atom stereocenters. The third-order valence-electron chi connectivity index (χ3n) is 3.67. The number of amides is 1. The Balaban J connectivity index is 1.82. The van der Waals surface area contributed by atoms with E-state index in [1.807, 2.05) is 0 Å². The van der Waals surface area contributed by atoms with Crippen molar-refractivity contribution in [3.05, 3.63) is 0 Å². The number of nitrogens with zero attached hydrogens (tertiary/aromatic N) is 1. The molecule has 0 aromatic carbocycles. The van der Waals surface area contributed by atoms with E-state index in [0.717, 1.165) is 25.9 Å². The van der Waals surface area contributed by atoms with Gasteiger partial charge in [0.1, 0.15) is 0 Å². The average Bonchev–Trinajstić information content (AvgIpc) is 2.29. The molecule has 2 saturated heterocycles. The molecule has 0 bridgehead atoms. The summed E-state index contributed by atoms with van der Waals surface area (Å²) in [5.41, 5.74) is 0. The zero-order valence-electron chi connectivity index (χ0n) is 10.1. The number of hydrogen-bond acceptors (Lipinski definition) is 2. The molecule has 3 nitrogen and oxygen atoms in total. The quantitative estimate of drug-likeness (QED) is 0.803. The van der Waals surface area contributed by atoms with Gasteiger partial charge in [0.25, 0.3) is 5.92 Å². The maximum atomic E-state index is 13.2. The smallest absolute Gasteiger partial charge is 0.265 e. The molecule has 0 unspecified atom stereocenters. The lowest BCUT2D eigenvalue weighted by molar-refractivity contribution is -0.142. The van der Waals surface area contributed by atoms with Crippen LogP contribution in [0.1, 0.15) is 32.1 Å². The molecule has 2 heterocycles. The first-order chi connectivity index (χ1) is 8.07. The second kappa shape index (κ2) is 5.29. The van der Waals surface area contributed by atoms with Crippen LogP contribution in [0, 0.1) is 5.92 Å². The molecule has 1 amide bonds. The summed E-state index contributed by atoms with van der Waals surface area (Å²) in [6.07, 6.45) is 2.75. The van der Waals surface area contributed by atoms with Gasteiger partial charge in [0.2, 0.25) is 5.91 Å². The fraction of sp³-hybridized carbons (Fsp3) is 0.917. The molecule has 2 aliphatic rings. The van der Waals surface area contributed by atoms with E-state index < -0.39 is 5.92 Å². The van der Waals surface area contributed by atoms with Crippen molar-refractivity contribution in [2.45, 2.75) is 38.0 Å². The molecule has 0 aromatic rings. The SMILES string of the molecule is O=C(CC1CCNCC1)N1CCCC(F)(F)C1. The second-order valence-corrected chi connectivity index (χ2v) is 5.17. The number of piperidine rings is 2. The van der Waals surface area contributed by atoms with Gasteiger partial charge in [-0.05, 0) is 38.3 Å². The Morgan fingerprint density at radius 1 is 1.35 bits per heavy atom. The van der Waals surface area contributed by atoms with E-state index in [4.69, 9.17) is 0 Å². The first kappa shape index (κ1) is 12.7. The summed E-state index contributed by atoms with van der Waals surface area (Å²) in [6.45, 7) is 2.00. The van der Waals surface area contributed by atoms with Crippen LogP contribution in [0.15, 0.2) is 0 Å². The molecule has 0 radical (unpaired) electrons. The molecule has 1 N–H and O–H groups in total. The Labute approximate surface area is 101 Å². The molecule has 0 aliphatic carbocycles. The summed E-state index contributed by atoms with van der Waals surface area (Å²) in [5.74, 6) is -2.39. The van der Waals surface area contributed by atoms with Crippen molar-refractivity contribution in [1.82, 2.24) is 10.2 Å². The number of carbonyl (C=O) groups excluding carboxylic acids is 1. The van der Waals surface area contributed by atoms with Crippen LogP contribution in [0.3, 0.4) is 0 Å². The maximum Gasteiger partial charge on any atom is 0.265 e. The fourth-order valence-corrected chi connectivity index (χ4v) is 2.64. The van der Waals surface area contributed by atoms with Gasteiger partial charge in [-0.2, -0.15) is 0 Å². The highest BCUT2D eigenvalue weighted by molar-refractivity contribution is 5.76.